The fourth-order valence-corrected chi connectivity index (χ4v) is 6.34. The van der Waals surface area contributed by atoms with Gasteiger partial charge in [-0.25, -0.2) is 0 Å². The largest absolute Gasteiger partial charge is 0.298 e. The lowest BCUT2D eigenvalue weighted by atomic mass is 9.82. The fraction of sp³-hybridized carbons (Fsp3) is 0.211. The number of unbranched alkanes of at least 4 members (excludes halogenated alkanes) is 2. The maximum Gasteiger partial charge on any atom is 0.150 e. The third-order valence-electron chi connectivity index (χ3n) is 8.41. The summed E-state index contributed by atoms with van der Waals surface area (Å²) in [6.45, 7) is 4.48. The summed E-state index contributed by atoms with van der Waals surface area (Å²) in [7, 11) is 0. The number of carbonyl (C=O) groups excluding carboxylic acids is 2. The van der Waals surface area contributed by atoms with Gasteiger partial charge in [-0.3, -0.25) is 9.59 Å². The number of benzene rings is 6. The molecule has 0 radical (unpaired) electrons. The Hall–Kier alpha value is -4.30. The van der Waals surface area contributed by atoms with Crippen LogP contribution in [-0.4, -0.2) is 12.6 Å². The molecular weight excluding hydrogens is 488 g/mol. The van der Waals surface area contributed by atoms with Gasteiger partial charge in [0.25, 0.3) is 0 Å². The Balaban J connectivity index is 1.75. The Kier molecular flexibility index (Phi) is 7.17. The molecule has 0 bridgehead atoms. The van der Waals surface area contributed by atoms with E-state index >= 15 is 0 Å². The molecule has 40 heavy (non-hydrogen) atoms. The molecule has 0 aromatic heterocycles. The molecule has 6 rings (SSSR count). The van der Waals surface area contributed by atoms with Gasteiger partial charge in [0, 0.05) is 11.1 Å². The summed E-state index contributed by atoms with van der Waals surface area (Å²) in [4.78, 5) is 23.4. The third kappa shape index (κ3) is 4.38. The van der Waals surface area contributed by atoms with E-state index in [-0.39, 0.29) is 0 Å². The first-order valence-electron chi connectivity index (χ1n) is 14.5. The Bertz CT molecular complexity index is 1840. The maximum absolute atomic E-state index is 12.1. The van der Waals surface area contributed by atoms with Crippen molar-refractivity contribution in [2.45, 2.75) is 52.4 Å². The molecule has 0 aliphatic rings. The van der Waals surface area contributed by atoms with E-state index in [0.29, 0.717) is 5.56 Å². The number of hydrogen-bond acceptors (Lipinski definition) is 2. The second-order valence-corrected chi connectivity index (χ2v) is 10.9. The van der Waals surface area contributed by atoms with E-state index in [2.05, 4.69) is 68.4 Å². The molecule has 6 aromatic carbocycles. The molecule has 6 aromatic rings. The van der Waals surface area contributed by atoms with Gasteiger partial charge >= 0.3 is 0 Å². The summed E-state index contributed by atoms with van der Waals surface area (Å²) in [5.41, 5.74) is 8.57. The lowest BCUT2D eigenvalue weighted by Crippen LogP contribution is -1.98. The number of aryl methyl sites for hydroxylation is 2. The van der Waals surface area contributed by atoms with Gasteiger partial charge in [0.2, 0.25) is 0 Å². The second kappa shape index (κ2) is 11.1. The van der Waals surface area contributed by atoms with Crippen LogP contribution >= 0.6 is 0 Å². The molecule has 2 heteroatoms. The van der Waals surface area contributed by atoms with Gasteiger partial charge in [0.1, 0.15) is 6.29 Å². The van der Waals surface area contributed by atoms with Crippen LogP contribution in [-0.2, 0) is 12.8 Å². The number of aldehydes is 2. The molecule has 198 valence electrons. The summed E-state index contributed by atoms with van der Waals surface area (Å²) in [5.74, 6) is 0. The van der Waals surface area contributed by atoms with Crippen LogP contribution in [0.4, 0.5) is 0 Å². The molecule has 2 nitrogen and oxygen atoms in total. The smallest absolute Gasteiger partial charge is 0.150 e. The summed E-state index contributed by atoms with van der Waals surface area (Å²) in [5, 5.41) is 7.65. The third-order valence-corrected chi connectivity index (χ3v) is 8.41. The molecule has 0 saturated heterocycles. The van der Waals surface area contributed by atoms with Crippen molar-refractivity contribution in [3.63, 3.8) is 0 Å². The summed E-state index contributed by atoms with van der Waals surface area (Å²) in [6, 6.07) is 29.8. The predicted molar refractivity (Wildman–Crippen MR) is 169 cm³/mol. The van der Waals surface area contributed by atoms with Gasteiger partial charge in [0.15, 0.2) is 6.29 Å². The van der Waals surface area contributed by atoms with Crippen LogP contribution in [0, 0.1) is 0 Å². The van der Waals surface area contributed by atoms with Crippen LogP contribution in [0.1, 0.15) is 71.4 Å². The average molecular weight is 523 g/mol. The van der Waals surface area contributed by atoms with Crippen molar-refractivity contribution >= 4 is 44.9 Å². The molecule has 0 aliphatic heterocycles. The molecule has 0 amide bonds. The van der Waals surface area contributed by atoms with Gasteiger partial charge in [-0.05, 0) is 104 Å². The highest BCUT2D eigenvalue weighted by Crippen LogP contribution is 2.45. The molecule has 0 unspecified atom stereocenters. The van der Waals surface area contributed by atoms with Gasteiger partial charge in [-0.1, -0.05) is 99.5 Å². The van der Waals surface area contributed by atoms with E-state index in [1.807, 2.05) is 30.3 Å². The fourth-order valence-electron chi connectivity index (χ4n) is 6.34. The summed E-state index contributed by atoms with van der Waals surface area (Å²) >= 11 is 0. The average Bonchev–Trinajstić information content (AvgIpc) is 3.01. The van der Waals surface area contributed by atoms with E-state index in [4.69, 9.17) is 0 Å². The van der Waals surface area contributed by atoms with Crippen molar-refractivity contribution < 1.29 is 9.59 Å². The minimum absolute atomic E-state index is 0.687. The van der Waals surface area contributed by atoms with E-state index < -0.39 is 0 Å². The molecule has 0 heterocycles. The molecule has 0 spiro atoms. The Morgan fingerprint density at radius 1 is 0.550 bits per heavy atom. The quantitative estimate of drug-likeness (QED) is 0.132. The SMILES string of the molecule is CCCCc1cc(-c2ccc(C=O)cc2)c2ccc3c(CCCC)cc(-c4ccccc4C=O)c4ccc1c2c34. The molecule has 0 aliphatic carbocycles. The molecule has 0 saturated carbocycles. The number of hydrogen-bond donors (Lipinski definition) is 0. The highest BCUT2D eigenvalue weighted by molar-refractivity contribution is 6.29. The van der Waals surface area contributed by atoms with Crippen LogP contribution in [0.25, 0.3) is 54.6 Å². The summed E-state index contributed by atoms with van der Waals surface area (Å²) < 4.78 is 0. The van der Waals surface area contributed by atoms with E-state index in [0.717, 1.165) is 73.4 Å². The topological polar surface area (TPSA) is 34.1 Å². The van der Waals surface area contributed by atoms with Crippen LogP contribution in [0.15, 0.2) is 84.9 Å². The standard InChI is InChI=1S/C38H34O2/c1-3-5-9-27-21-35(26-15-13-25(23-39)14-16-26)33-19-17-32-28(10-6-4-2)22-36(30-12-8-7-11-29(30)24-40)34-20-18-31(27)37(33)38(32)34/h7-8,11-24H,3-6,9-10H2,1-2H3. The van der Waals surface area contributed by atoms with Crippen LogP contribution in [0.3, 0.4) is 0 Å². The zero-order valence-electron chi connectivity index (χ0n) is 23.3. The monoisotopic (exact) mass is 522 g/mol. The normalized spacial score (nSPS) is 11.6. The van der Waals surface area contributed by atoms with Crippen molar-refractivity contribution in [1.29, 1.82) is 0 Å². The van der Waals surface area contributed by atoms with E-state index in [9.17, 15) is 9.59 Å². The second-order valence-electron chi connectivity index (χ2n) is 10.9. The lowest BCUT2D eigenvalue weighted by molar-refractivity contribution is 0.111. The minimum Gasteiger partial charge on any atom is -0.298 e. The zero-order chi connectivity index (χ0) is 27.6. The summed E-state index contributed by atoms with van der Waals surface area (Å²) in [6.07, 6.45) is 8.42. The lowest BCUT2D eigenvalue weighted by Gasteiger charge is -2.21. The highest BCUT2D eigenvalue weighted by Gasteiger charge is 2.20. The van der Waals surface area contributed by atoms with Crippen molar-refractivity contribution in [2.24, 2.45) is 0 Å². The predicted octanol–water partition coefficient (Wildman–Crippen LogP) is 10.2. The van der Waals surface area contributed by atoms with Crippen molar-refractivity contribution in [2.75, 3.05) is 0 Å². The van der Waals surface area contributed by atoms with Gasteiger partial charge < -0.3 is 0 Å². The van der Waals surface area contributed by atoms with Crippen LogP contribution in [0.5, 0.6) is 0 Å². The molecular formula is C38H34O2. The Morgan fingerprint density at radius 3 is 1.68 bits per heavy atom. The van der Waals surface area contributed by atoms with E-state index in [1.54, 1.807) is 0 Å². The Morgan fingerprint density at radius 2 is 1.10 bits per heavy atom. The first-order chi connectivity index (χ1) is 19.7. The van der Waals surface area contributed by atoms with Crippen LogP contribution < -0.4 is 0 Å². The van der Waals surface area contributed by atoms with Gasteiger partial charge in [0.05, 0.1) is 0 Å². The minimum atomic E-state index is 0.687. The molecule has 0 N–H and O–H groups in total. The maximum atomic E-state index is 12.1. The first kappa shape index (κ1) is 26.0. The van der Waals surface area contributed by atoms with E-state index in [1.165, 1.54) is 49.0 Å². The Labute approximate surface area is 236 Å². The van der Waals surface area contributed by atoms with Crippen molar-refractivity contribution in [3.8, 4) is 22.3 Å². The number of carbonyl (C=O) groups is 2. The van der Waals surface area contributed by atoms with Crippen molar-refractivity contribution in [1.82, 2.24) is 0 Å². The zero-order valence-corrected chi connectivity index (χ0v) is 23.3. The van der Waals surface area contributed by atoms with Gasteiger partial charge in [-0.15, -0.1) is 0 Å². The van der Waals surface area contributed by atoms with Crippen molar-refractivity contribution in [3.05, 3.63) is 107 Å². The van der Waals surface area contributed by atoms with Gasteiger partial charge in [-0.2, -0.15) is 0 Å². The van der Waals surface area contributed by atoms with Crippen LogP contribution in [0.2, 0.25) is 0 Å². The molecule has 0 fully saturated rings. The first-order valence-corrected chi connectivity index (χ1v) is 14.5. The highest BCUT2D eigenvalue weighted by atomic mass is 16.1. The number of rotatable bonds is 10. The molecule has 0 atom stereocenters.